The molecule has 0 aliphatic rings. The Labute approximate surface area is 179 Å². The molecule has 0 fully saturated rings. The number of nitrogens with zero attached hydrogens (tertiary/aromatic N) is 2. The summed E-state index contributed by atoms with van der Waals surface area (Å²) in [4.78, 5) is 7.90. The molecule has 0 radical (unpaired) electrons. The molecule has 0 atom stereocenters. The van der Waals surface area contributed by atoms with Crippen molar-refractivity contribution in [3.8, 4) is 5.75 Å². The van der Waals surface area contributed by atoms with Crippen molar-refractivity contribution < 1.29 is 17.9 Å². The van der Waals surface area contributed by atoms with Crippen molar-refractivity contribution >= 4 is 23.1 Å². The molecule has 0 aliphatic carbocycles. The van der Waals surface area contributed by atoms with Crippen LogP contribution in [-0.2, 0) is 6.18 Å². The van der Waals surface area contributed by atoms with Crippen molar-refractivity contribution in [1.29, 1.82) is 0 Å². The summed E-state index contributed by atoms with van der Waals surface area (Å²) in [6.45, 7) is 4.65. The number of benzene rings is 2. The number of nitrogens with one attached hydrogen (secondary N) is 2. The number of halogens is 3. The van der Waals surface area contributed by atoms with E-state index in [9.17, 15) is 13.2 Å². The summed E-state index contributed by atoms with van der Waals surface area (Å²) in [6.07, 6.45) is -0.659. The molecular weight excluding hydrogens is 405 g/mol. The van der Waals surface area contributed by atoms with Gasteiger partial charge >= 0.3 is 6.18 Å². The van der Waals surface area contributed by atoms with E-state index in [2.05, 4.69) is 27.5 Å². The van der Waals surface area contributed by atoms with Gasteiger partial charge in [0.2, 0.25) is 5.95 Å². The maximum absolute atomic E-state index is 13.5. The van der Waals surface area contributed by atoms with E-state index in [4.69, 9.17) is 4.74 Å². The number of aryl methyl sites for hydroxylation is 1. The van der Waals surface area contributed by atoms with Gasteiger partial charge in [0.05, 0.1) is 6.61 Å². The zero-order chi connectivity index (χ0) is 22.3. The monoisotopic (exact) mass is 430 g/mol. The number of hydrogen-bond acceptors (Lipinski definition) is 5. The summed E-state index contributed by atoms with van der Waals surface area (Å²) >= 11 is 0. The van der Waals surface area contributed by atoms with E-state index in [-0.39, 0.29) is 11.8 Å². The lowest BCUT2D eigenvalue weighted by Gasteiger charge is -2.15. The van der Waals surface area contributed by atoms with E-state index in [1.165, 1.54) is 0 Å². The molecule has 0 unspecified atom stereocenters. The van der Waals surface area contributed by atoms with Crippen molar-refractivity contribution in [2.45, 2.75) is 39.3 Å². The lowest BCUT2D eigenvalue weighted by molar-refractivity contribution is -0.137. The highest BCUT2D eigenvalue weighted by Crippen LogP contribution is 2.35. The Hall–Kier alpha value is -3.29. The maximum atomic E-state index is 13.5. The molecule has 0 amide bonds. The smallest absolute Gasteiger partial charge is 0.421 e. The van der Waals surface area contributed by atoms with Gasteiger partial charge in [0.25, 0.3) is 0 Å². The first-order valence-corrected chi connectivity index (χ1v) is 10.1. The summed E-state index contributed by atoms with van der Waals surface area (Å²) in [5, 5.41) is 5.70. The number of aromatic nitrogens is 2. The molecule has 2 N–H and O–H groups in total. The Balaban J connectivity index is 1.78. The molecule has 1 aromatic heterocycles. The second kappa shape index (κ2) is 10.1. The van der Waals surface area contributed by atoms with Crippen molar-refractivity contribution in [3.63, 3.8) is 0 Å². The number of rotatable bonds is 9. The summed E-state index contributed by atoms with van der Waals surface area (Å²) < 4.78 is 46.0. The van der Waals surface area contributed by atoms with Crippen molar-refractivity contribution in [3.05, 3.63) is 65.9 Å². The minimum absolute atomic E-state index is 0.0666. The van der Waals surface area contributed by atoms with E-state index < -0.39 is 11.7 Å². The largest absolute Gasteiger partial charge is 0.494 e. The molecule has 8 heteroatoms. The van der Waals surface area contributed by atoms with Crippen LogP contribution in [0.2, 0.25) is 0 Å². The summed E-state index contributed by atoms with van der Waals surface area (Å²) in [5.41, 5.74) is 1.22. The summed E-state index contributed by atoms with van der Waals surface area (Å²) in [6, 6.07) is 14.2. The number of hydrogen-bond donors (Lipinski definition) is 2. The minimum Gasteiger partial charge on any atom is -0.494 e. The molecule has 1 heterocycles. The van der Waals surface area contributed by atoms with Gasteiger partial charge in [-0.05, 0) is 55.3 Å². The fraction of sp³-hybridized carbons (Fsp3) is 0.304. The van der Waals surface area contributed by atoms with Gasteiger partial charge in [-0.1, -0.05) is 31.9 Å². The SMILES string of the molecule is CCCCCOc1ccc(Nc2nc(Nc3cccc(C)c3)ncc2C(F)(F)F)cc1. The molecule has 0 saturated carbocycles. The molecular formula is C23H25F3N4O. The van der Waals surface area contributed by atoms with E-state index in [0.717, 1.165) is 31.0 Å². The Kier molecular flexibility index (Phi) is 7.33. The second-order valence-electron chi connectivity index (χ2n) is 7.15. The fourth-order valence-electron chi connectivity index (χ4n) is 2.91. The Morgan fingerprint density at radius 3 is 2.42 bits per heavy atom. The van der Waals surface area contributed by atoms with Gasteiger partial charge < -0.3 is 15.4 Å². The highest BCUT2D eigenvalue weighted by Gasteiger charge is 2.35. The van der Waals surface area contributed by atoms with Crippen LogP contribution in [0.1, 0.15) is 37.3 Å². The van der Waals surface area contributed by atoms with Crippen LogP contribution in [0.15, 0.2) is 54.7 Å². The predicted molar refractivity (Wildman–Crippen MR) is 116 cm³/mol. The highest BCUT2D eigenvalue weighted by atomic mass is 19.4. The predicted octanol–water partition coefficient (Wildman–Crippen LogP) is 6.86. The van der Waals surface area contributed by atoms with Gasteiger partial charge in [0, 0.05) is 17.6 Å². The van der Waals surface area contributed by atoms with Gasteiger partial charge in [-0.25, -0.2) is 4.98 Å². The molecule has 2 aromatic carbocycles. The average molecular weight is 430 g/mol. The van der Waals surface area contributed by atoms with E-state index >= 15 is 0 Å². The van der Waals surface area contributed by atoms with Crippen LogP contribution in [0.4, 0.5) is 36.3 Å². The first-order valence-electron chi connectivity index (χ1n) is 10.1. The lowest BCUT2D eigenvalue weighted by Crippen LogP contribution is -2.12. The van der Waals surface area contributed by atoms with E-state index in [1.54, 1.807) is 30.3 Å². The van der Waals surface area contributed by atoms with Crippen LogP contribution in [0.25, 0.3) is 0 Å². The first-order chi connectivity index (χ1) is 14.8. The summed E-state index contributed by atoms with van der Waals surface area (Å²) in [5.74, 6) is 0.411. The molecule has 0 bridgehead atoms. The van der Waals surface area contributed by atoms with Crippen LogP contribution in [0.3, 0.4) is 0 Å². The first kappa shape index (κ1) is 22.4. The Morgan fingerprint density at radius 1 is 0.968 bits per heavy atom. The molecule has 3 aromatic rings. The standard InChI is InChI=1S/C23H25F3N4O/c1-3-4-5-13-31-19-11-9-17(10-12-19)28-21-20(23(24,25)26)15-27-22(30-21)29-18-8-6-7-16(2)14-18/h6-12,14-15H,3-5,13H2,1-2H3,(H2,27,28,29,30). The van der Waals surface area contributed by atoms with Crippen LogP contribution in [0.5, 0.6) is 5.75 Å². The molecule has 5 nitrogen and oxygen atoms in total. The third-order valence-corrected chi connectivity index (χ3v) is 4.50. The van der Waals surface area contributed by atoms with Gasteiger partial charge in [0.15, 0.2) is 0 Å². The van der Waals surface area contributed by atoms with Crippen LogP contribution >= 0.6 is 0 Å². The molecule has 0 aliphatic heterocycles. The topological polar surface area (TPSA) is 59.1 Å². The average Bonchev–Trinajstić information content (AvgIpc) is 2.72. The highest BCUT2D eigenvalue weighted by molar-refractivity contribution is 5.63. The molecule has 0 spiro atoms. The molecule has 3 rings (SSSR count). The zero-order valence-electron chi connectivity index (χ0n) is 17.5. The third-order valence-electron chi connectivity index (χ3n) is 4.50. The Bertz CT molecular complexity index is 991. The van der Waals surface area contributed by atoms with Crippen LogP contribution in [-0.4, -0.2) is 16.6 Å². The molecule has 164 valence electrons. The van der Waals surface area contributed by atoms with Gasteiger partial charge in [-0.15, -0.1) is 0 Å². The van der Waals surface area contributed by atoms with Crippen LogP contribution < -0.4 is 15.4 Å². The quantitative estimate of drug-likeness (QED) is 0.363. The zero-order valence-corrected chi connectivity index (χ0v) is 17.5. The summed E-state index contributed by atoms with van der Waals surface area (Å²) in [7, 11) is 0. The van der Waals surface area contributed by atoms with E-state index in [0.29, 0.717) is 23.7 Å². The third kappa shape index (κ3) is 6.60. The number of alkyl halides is 3. The van der Waals surface area contributed by atoms with Crippen molar-refractivity contribution in [2.24, 2.45) is 0 Å². The fourth-order valence-corrected chi connectivity index (χ4v) is 2.91. The van der Waals surface area contributed by atoms with Crippen molar-refractivity contribution in [2.75, 3.05) is 17.2 Å². The Morgan fingerprint density at radius 2 is 1.74 bits per heavy atom. The van der Waals surface area contributed by atoms with Gasteiger partial charge in [0.1, 0.15) is 17.1 Å². The number of ether oxygens (including phenoxy) is 1. The molecule has 31 heavy (non-hydrogen) atoms. The van der Waals surface area contributed by atoms with Crippen LogP contribution in [0, 0.1) is 6.92 Å². The number of unbranched alkanes of at least 4 members (excludes halogenated alkanes) is 2. The number of anilines is 4. The van der Waals surface area contributed by atoms with Gasteiger partial charge in [-0.3, -0.25) is 0 Å². The van der Waals surface area contributed by atoms with Gasteiger partial charge in [-0.2, -0.15) is 18.2 Å². The van der Waals surface area contributed by atoms with Crippen molar-refractivity contribution in [1.82, 2.24) is 9.97 Å². The van der Waals surface area contributed by atoms with E-state index in [1.807, 2.05) is 25.1 Å². The second-order valence-corrected chi connectivity index (χ2v) is 7.15. The normalized spacial score (nSPS) is 11.3. The molecule has 0 saturated heterocycles. The minimum atomic E-state index is -4.59. The maximum Gasteiger partial charge on any atom is 0.421 e. The lowest BCUT2D eigenvalue weighted by atomic mass is 10.2.